The first kappa shape index (κ1) is 14.0. The molecule has 1 aliphatic rings. The van der Waals surface area contributed by atoms with Gasteiger partial charge in [0.25, 0.3) is 0 Å². The SMILES string of the molecule is CCC1(C(=O)Nc2cccc(F)c2C)CCCNC1. The Morgan fingerprint density at radius 2 is 2.32 bits per heavy atom. The molecule has 1 aromatic rings. The van der Waals surface area contributed by atoms with Crippen LogP contribution in [0.2, 0.25) is 0 Å². The summed E-state index contributed by atoms with van der Waals surface area (Å²) < 4.78 is 13.5. The molecule has 2 N–H and O–H groups in total. The van der Waals surface area contributed by atoms with Gasteiger partial charge >= 0.3 is 0 Å². The predicted molar refractivity (Wildman–Crippen MR) is 74.6 cm³/mol. The summed E-state index contributed by atoms with van der Waals surface area (Å²) in [5.74, 6) is -0.291. The summed E-state index contributed by atoms with van der Waals surface area (Å²) in [6.07, 6.45) is 2.68. The van der Waals surface area contributed by atoms with Gasteiger partial charge in [-0.1, -0.05) is 13.0 Å². The van der Waals surface area contributed by atoms with E-state index in [4.69, 9.17) is 0 Å². The van der Waals surface area contributed by atoms with Crippen LogP contribution in [0.4, 0.5) is 10.1 Å². The van der Waals surface area contributed by atoms with Crippen molar-refractivity contribution in [1.29, 1.82) is 0 Å². The summed E-state index contributed by atoms with van der Waals surface area (Å²) in [6.45, 7) is 5.38. The van der Waals surface area contributed by atoms with Gasteiger partial charge in [0, 0.05) is 17.8 Å². The van der Waals surface area contributed by atoms with E-state index in [1.165, 1.54) is 6.07 Å². The summed E-state index contributed by atoms with van der Waals surface area (Å²) in [4.78, 5) is 12.5. The Balaban J connectivity index is 2.17. The van der Waals surface area contributed by atoms with Gasteiger partial charge in [0.1, 0.15) is 5.82 Å². The van der Waals surface area contributed by atoms with E-state index in [-0.39, 0.29) is 17.1 Å². The second kappa shape index (κ2) is 5.70. The Bertz CT molecular complexity index is 467. The lowest BCUT2D eigenvalue weighted by Crippen LogP contribution is -2.47. The number of rotatable bonds is 3. The minimum Gasteiger partial charge on any atom is -0.325 e. The average Bonchev–Trinajstić information content (AvgIpc) is 2.44. The maximum absolute atomic E-state index is 13.5. The van der Waals surface area contributed by atoms with Crippen LogP contribution in [0.15, 0.2) is 18.2 Å². The molecule has 0 bridgehead atoms. The highest BCUT2D eigenvalue weighted by Gasteiger charge is 2.37. The van der Waals surface area contributed by atoms with E-state index in [1.807, 2.05) is 6.92 Å². The molecular formula is C15H21FN2O. The van der Waals surface area contributed by atoms with Crippen LogP contribution in [0.5, 0.6) is 0 Å². The van der Waals surface area contributed by atoms with Crippen LogP contribution >= 0.6 is 0 Å². The predicted octanol–water partition coefficient (Wildman–Crippen LogP) is 2.85. The Kier molecular flexibility index (Phi) is 4.20. The van der Waals surface area contributed by atoms with Gasteiger partial charge in [-0.05, 0) is 44.9 Å². The Labute approximate surface area is 113 Å². The van der Waals surface area contributed by atoms with Crippen molar-refractivity contribution in [2.45, 2.75) is 33.1 Å². The van der Waals surface area contributed by atoms with Crippen LogP contribution < -0.4 is 10.6 Å². The van der Waals surface area contributed by atoms with E-state index < -0.39 is 0 Å². The molecule has 1 heterocycles. The number of carbonyl (C=O) groups is 1. The van der Waals surface area contributed by atoms with Crippen LogP contribution in [0, 0.1) is 18.2 Å². The van der Waals surface area contributed by atoms with Crippen molar-refractivity contribution in [3.05, 3.63) is 29.6 Å². The Hall–Kier alpha value is -1.42. The fourth-order valence-corrected chi connectivity index (χ4v) is 2.62. The zero-order valence-electron chi connectivity index (χ0n) is 11.6. The molecule has 1 amide bonds. The summed E-state index contributed by atoms with van der Waals surface area (Å²) in [5.41, 5.74) is 0.700. The molecule has 1 saturated heterocycles. The first-order valence-electron chi connectivity index (χ1n) is 6.86. The molecule has 1 unspecified atom stereocenters. The normalized spacial score (nSPS) is 23.1. The molecule has 4 heteroatoms. The summed E-state index contributed by atoms with van der Waals surface area (Å²) >= 11 is 0. The van der Waals surface area contributed by atoms with E-state index in [9.17, 15) is 9.18 Å². The number of nitrogens with one attached hydrogen (secondary N) is 2. The molecule has 1 aliphatic heterocycles. The topological polar surface area (TPSA) is 41.1 Å². The van der Waals surface area contributed by atoms with Gasteiger partial charge in [0.05, 0.1) is 5.41 Å². The number of halogens is 1. The average molecular weight is 264 g/mol. The van der Waals surface area contributed by atoms with Gasteiger partial charge in [-0.2, -0.15) is 0 Å². The standard InChI is InChI=1S/C15H21FN2O/c1-3-15(8-5-9-17-10-15)14(19)18-13-7-4-6-12(16)11(13)2/h4,6-7,17H,3,5,8-10H2,1-2H3,(H,18,19). The van der Waals surface area contributed by atoms with Gasteiger partial charge in [-0.15, -0.1) is 0 Å². The van der Waals surface area contributed by atoms with Crippen molar-refractivity contribution in [3.63, 3.8) is 0 Å². The van der Waals surface area contributed by atoms with Crippen LogP contribution in [0.1, 0.15) is 31.7 Å². The first-order valence-corrected chi connectivity index (χ1v) is 6.86. The molecule has 0 spiro atoms. The summed E-state index contributed by atoms with van der Waals surface area (Å²) in [7, 11) is 0. The van der Waals surface area contributed by atoms with Crippen molar-refractivity contribution in [2.75, 3.05) is 18.4 Å². The molecule has 0 aromatic heterocycles. The highest BCUT2D eigenvalue weighted by molar-refractivity contribution is 5.96. The molecule has 1 fully saturated rings. The quantitative estimate of drug-likeness (QED) is 0.881. The maximum Gasteiger partial charge on any atom is 0.231 e. The smallest absolute Gasteiger partial charge is 0.231 e. The fraction of sp³-hybridized carbons (Fsp3) is 0.533. The highest BCUT2D eigenvalue weighted by atomic mass is 19.1. The molecule has 2 rings (SSSR count). The molecule has 3 nitrogen and oxygen atoms in total. The third-order valence-electron chi connectivity index (χ3n) is 4.15. The van der Waals surface area contributed by atoms with Crippen LogP contribution in [-0.2, 0) is 4.79 Å². The third kappa shape index (κ3) is 2.78. The number of amides is 1. The van der Waals surface area contributed by atoms with E-state index in [1.54, 1.807) is 19.1 Å². The number of piperidine rings is 1. The van der Waals surface area contributed by atoms with Gasteiger partial charge < -0.3 is 10.6 Å². The fourth-order valence-electron chi connectivity index (χ4n) is 2.62. The zero-order chi connectivity index (χ0) is 13.9. The largest absolute Gasteiger partial charge is 0.325 e. The second-order valence-electron chi connectivity index (χ2n) is 5.28. The molecule has 0 aliphatic carbocycles. The van der Waals surface area contributed by atoms with Crippen molar-refractivity contribution in [3.8, 4) is 0 Å². The van der Waals surface area contributed by atoms with E-state index in [0.29, 0.717) is 17.8 Å². The second-order valence-corrected chi connectivity index (χ2v) is 5.28. The van der Waals surface area contributed by atoms with Crippen LogP contribution in [0.25, 0.3) is 0 Å². The van der Waals surface area contributed by atoms with Crippen LogP contribution in [-0.4, -0.2) is 19.0 Å². The zero-order valence-corrected chi connectivity index (χ0v) is 11.6. The van der Waals surface area contributed by atoms with Crippen molar-refractivity contribution >= 4 is 11.6 Å². The minimum atomic E-state index is -0.364. The number of hydrogen-bond donors (Lipinski definition) is 2. The minimum absolute atomic E-state index is 0.00380. The van der Waals surface area contributed by atoms with Crippen molar-refractivity contribution in [1.82, 2.24) is 5.32 Å². The van der Waals surface area contributed by atoms with E-state index >= 15 is 0 Å². The number of benzene rings is 1. The molecule has 0 radical (unpaired) electrons. The van der Waals surface area contributed by atoms with Crippen LogP contribution in [0.3, 0.4) is 0 Å². The molecule has 1 aromatic carbocycles. The Morgan fingerprint density at radius 1 is 1.53 bits per heavy atom. The molecule has 104 valence electrons. The lowest BCUT2D eigenvalue weighted by molar-refractivity contribution is -0.126. The van der Waals surface area contributed by atoms with Crippen molar-refractivity contribution in [2.24, 2.45) is 5.41 Å². The molecule has 0 saturated carbocycles. The molecule has 1 atom stereocenters. The van der Waals surface area contributed by atoms with Gasteiger partial charge in [-0.3, -0.25) is 4.79 Å². The first-order chi connectivity index (χ1) is 9.09. The highest BCUT2D eigenvalue weighted by Crippen LogP contribution is 2.32. The number of hydrogen-bond acceptors (Lipinski definition) is 2. The van der Waals surface area contributed by atoms with Crippen molar-refractivity contribution < 1.29 is 9.18 Å². The molecular weight excluding hydrogens is 243 g/mol. The molecule has 19 heavy (non-hydrogen) atoms. The van der Waals surface area contributed by atoms with E-state index in [0.717, 1.165) is 25.8 Å². The number of carbonyl (C=O) groups excluding carboxylic acids is 1. The lowest BCUT2D eigenvalue weighted by atomic mass is 9.77. The lowest BCUT2D eigenvalue weighted by Gasteiger charge is -2.35. The Morgan fingerprint density at radius 3 is 2.95 bits per heavy atom. The van der Waals surface area contributed by atoms with Gasteiger partial charge in [0.2, 0.25) is 5.91 Å². The summed E-state index contributed by atoms with van der Waals surface area (Å²) in [6, 6.07) is 4.77. The summed E-state index contributed by atoms with van der Waals surface area (Å²) in [5, 5.41) is 6.18. The van der Waals surface area contributed by atoms with E-state index in [2.05, 4.69) is 10.6 Å². The van der Waals surface area contributed by atoms with Gasteiger partial charge in [0.15, 0.2) is 0 Å². The van der Waals surface area contributed by atoms with Gasteiger partial charge in [-0.25, -0.2) is 4.39 Å². The third-order valence-corrected chi connectivity index (χ3v) is 4.15. The monoisotopic (exact) mass is 264 g/mol. The maximum atomic E-state index is 13.5. The number of anilines is 1.